The van der Waals surface area contributed by atoms with Gasteiger partial charge in [0.25, 0.3) is 0 Å². The van der Waals surface area contributed by atoms with Gasteiger partial charge >= 0.3 is 0 Å². The van der Waals surface area contributed by atoms with E-state index in [2.05, 4.69) is 102 Å². The van der Waals surface area contributed by atoms with E-state index in [9.17, 15) is 0 Å². The predicted octanol–water partition coefficient (Wildman–Crippen LogP) is 5.82. The van der Waals surface area contributed by atoms with Crippen LogP contribution in [0.5, 0.6) is 0 Å². The summed E-state index contributed by atoms with van der Waals surface area (Å²) in [5.74, 6) is 0.357. The van der Waals surface area contributed by atoms with Crippen molar-refractivity contribution < 1.29 is 0 Å². The second-order valence-electron chi connectivity index (χ2n) is 2.89. The van der Waals surface area contributed by atoms with Crippen LogP contribution >= 0.6 is 95.6 Å². The van der Waals surface area contributed by atoms with Crippen LogP contribution in [0.15, 0.2) is 19.5 Å². The number of alkyl halides is 3. The lowest BCUT2D eigenvalue weighted by Crippen LogP contribution is -2.37. The number of halogens is 6. The molecule has 0 aromatic heterocycles. The molecule has 0 heterocycles. The molecule has 0 spiro atoms. The zero-order valence-electron chi connectivity index (χ0n) is 6.84. The van der Waals surface area contributed by atoms with Gasteiger partial charge in [0.2, 0.25) is 0 Å². The monoisotopic (exact) mass is 576 g/mol. The summed E-state index contributed by atoms with van der Waals surface area (Å²) in [4.78, 5) is 0. The summed E-state index contributed by atoms with van der Waals surface area (Å²) in [5.41, 5.74) is 0. The van der Waals surface area contributed by atoms with Gasteiger partial charge in [-0.25, -0.2) is 0 Å². The third-order valence-electron chi connectivity index (χ3n) is 2.09. The van der Waals surface area contributed by atoms with E-state index in [0.29, 0.717) is 5.92 Å². The van der Waals surface area contributed by atoms with Gasteiger partial charge in [0.05, 0.1) is 4.32 Å². The van der Waals surface area contributed by atoms with E-state index >= 15 is 0 Å². The number of hydrogen-bond donors (Lipinski definition) is 0. The van der Waals surface area contributed by atoms with Gasteiger partial charge in [-0.05, 0) is 22.0 Å². The average molecular weight is 582 g/mol. The molecule has 80 valence electrons. The third kappa shape index (κ3) is 2.61. The van der Waals surface area contributed by atoms with Crippen molar-refractivity contribution in [3.8, 4) is 0 Å². The highest BCUT2D eigenvalue weighted by Crippen LogP contribution is 2.51. The Labute approximate surface area is 134 Å². The van der Waals surface area contributed by atoms with E-state index in [1.54, 1.807) is 0 Å². The van der Waals surface area contributed by atoms with Gasteiger partial charge < -0.3 is 0 Å². The van der Waals surface area contributed by atoms with Crippen molar-refractivity contribution in [3.63, 3.8) is 0 Å². The zero-order valence-corrected chi connectivity index (χ0v) is 16.4. The molecule has 0 aliphatic heterocycles. The average Bonchev–Trinajstić information content (AvgIpc) is 2.16. The molecule has 14 heavy (non-hydrogen) atoms. The smallest absolute Gasteiger partial charge is 0.0749 e. The molecule has 2 atom stereocenters. The SMILES string of the molecule is BrCC1C(Br)=C(Br)C=C(Br)C1(Br)CBr. The van der Waals surface area contributed by atoms with Crippen molar-refractivity contribution in [3.05, 3.63) is 19.5 Å². The normalized spacial score (nSPS) is 33.3. The Bertz CT molecular complexity index is 294. The second-order valence-corrected chi connectivity index (χ2v) is 8.08. The number of hydrogen-bond acceptors (Lipinski definition) is 0. The van der Waals surface area contributed by atoms with Crippen LogP contribution in [0, 0.1) is 5.92 Å². The molecule has 0 aromatic carbocycles. The maximum atomic E-state index is 3.78. The summed E-state index contributed by atoms with van der Waals surface area (Å²) in [6.07, 6.45) is 2.07. The quantitative estimate of drug-likeness (QED) is 0.361. The summed E-state index contributed by atoms with van der Waals surface area (Å²) in [7, 11) is 0. The molecular formula is C8H6Br6. The fourth-order valence-corrected chi connectivity index (χ4v) is 6.93. The lowest BCUT2D eigenvalue weighted by Gasteiger charge is -2.36. The maximum absolute atomic E-state index is 3.78. The maximum Gasteiger partial charge on any atom is 0.0749 e. The first-order valence-electron chi connectivity index (χ1n) is 3.71. The molecule has 2 unspecified atom stereocenters. The van der Waals surface area contributed by atoms with Gasteiger partial charge in [-0.2, -0.15) is 0 Å². The van der Waals surface area contributed by atoms with Gasteiger partial charge in [-0.1, -0.05) is 79.6 Å². The van der Waals surface area contributed by atoms with E-state index in [-0.39, 0.29) is 4.32 Å². The van der Waals surface area contributed by atoms with E-state index in [1.807, 2.05) is 0 Å². The standard InChI is InChI=1S/C8H6Br6/c9-2-4-7(13)5(11)1-6(12)8(4,14)3-10/h1,4H,2-3H2. The number of rotatable bonds is 2. The molecule has 1 aliphatic rings. The lowest BCUT2D eigenvalue weighted by molar-refractivity contribution is 0.622. The summed E-state index contributed by atoms with van der Waals surface area (Å²) in [6.45, 7) is 0. The van der Waals surface area contributed by atoms with E-state index in [4.69, 9.17) is 0 Å². The molecule has 0 aromatic rings. The summed E-state index contributed by atoms with van der Waals surface area (Å²) in [6, 6.07) is 0. The third-order valence-corrected chi connectivity index (χ3v) is 9.27. The minimum atomic E-state index is -0.0768. The first kappa shape index (κ1) is 14.4. The van der Waals surface area contributed by atoms with Crippen molar-refractivity contribution >= 4 is 95.6 Å². The summed E-state index contributed by atoms with van der Waals surface area (Å²) >= 11 is 21.6. The summed E-state index contributed by atoms with van der Waals surface area (Å²) < 4.78 is 3.33. The van der Waals surface area contributed by atoms with E-state index in [1.165, 1.54) is 4.48 Å². The van der Waals surface area contributed by atoms with Crippen LogP contribution in [-0.2, 0) is 0 Å². The van der Waals surface area contributed by atoms with Crippen molar-refractivity contribution in [1.29, 1.82) is 0 Å². The van der Waals surface area contributed by atoms with Crippen LogP contribution < -0.4 is 0 Å². The summed E-state index contributed by atoms with van der Waals surface area (Å²) in [5, 5.41) is 1.74. The topological polar surface area (TPSA) is 0 Å². The first-order chi connectivity index (χ1) is 6.47. The van der Waals surface area contributed by atoms with Crippen LogP contribution in [-0.4, -0.2) is 15.0 Å². The molecule has 1 rings (SSSR count). The second kappa shape index (κ2) is 5.80. The van der Waals surface area contributed by atoms with E-state index in [0.717, 1.165) is 19.6 Å². The van der Waals surface area contributed by atoms with Gasteiger partial charge in [0, 0.05) is 30.0 Å². The minimum Gasteiger partial charge on any atom is -0.0921 e. The van der Waals surface area contributed by atoms with E-state index < -0.39 is 0 Å². The van der Waals surface area contributed by atoms with Gasteiger partial charge in [-0.15, -0.1) is 0 Å². The molecule has 0 saturated carbocycles. The van der Waals surface area contributed by atoms with Gasteiger partial charge in [-0.3, -0.25) is 0 Å². The highest BCUT2D eigenvalue weighted by Gasteiger charge is 2.42. The molecule has 0 saturated heterocycles. The van der Waals surface area contributed by atoms with Crippen LogP contribution in [0.3, 0.4) is 0 Å². The van der Waals surface area contributed by atoms with Crippen molar-refractivity contribution in [2.24, 2.45) is 5.92 Å². The fraction of sp³-hybridized carbons (Fsp3) is 0.500. The van der Waals surface area contributed by atoms with Crippen molar-refractivity contribution in [2.45, 2.75) is 4.32 Å². The Hall–Kier alpha value is 2.36. The van der Waals surface area contributed by atoms with Crippen LogP contribution in [0.4, 0.5) is 0 Å². The molecule has 0 N–H and O–H groups in total. The Morgan fingerprint density at radius 2 is 1.79 bits per heavy atom. The molecule has 0 radical (unpaired) electrons. The van der Waals surface area contributed by atoms with Gasteiger partial charge in [0.15, 0.2) is 0 Å². The molecule has 0 amide bonds. The number of allylic oxidation sites excluding steroid dienone is 4. The Morgan fingerprint density at radius 3 is 2.21 bits per heavy atom. The highest BCUT2D eigenvalue weighted by atomic mass is 79.9. The fourth-order valence-electron chi connectivity index (χ4n) is 1.18. The van der Waals surface area contributed by atoms with Crippen molar-refractivity contribution in [1.82, 2.24) is 0 Å². The highest BCUT2D eigenvalue weighted by molar-refractivity contribution is 9.15. The lowest BCUT2D eigenvalue weighted by atomic mass is 9.91. The van der Waals surface area contributed by atoms with Crippen LogP contribution in [0.2, 0.25) is 0 Å². The Balaban J connectivity index is 3.19. The molecule has 1 aliphatic carbocycles. The molecule has 0 fully saturated rings. The molecular weight excluding hydrogens is 576 g/mol. The first-order valence-corrected chi connectivity index (χ1v) is 9.12. The van der Waals surface area contributed by atoms with Crippen LogP contribution in [0.1, 0.15) is 0 Å². The zero-order chi connectivity index (χ0) is 10.9. The molecule has 0 bridgehead atoms. The van der Waals surface area contributed by atoms with Gasteiger partial charge in [0.1, 0.15) is 0 Å². The molecule has 0 nitrogen and oxygen atoms in total. The predicted molar refractivity (Wildman–Crippen MR) is 84.6 cm³/mol. The van der Waals surface area contributed by atoms with Crippen LogP contribution in [0.25, 0.3) is 0 Å². The Kier molecular flexibility index (Phi) is 5.98. The van der Waals surface area contributed by atoms with Crippen molar-refractivity contribution in [2.75, 3.05) is 10.7 Å². The minimum absolute atomic E-state index is 0.0768. The Morgan fingerprint density at radius 1 is 1.21 bits per heavy atom. The molecule has 6 heteroatoms. The largest absolute Gasteiger partial charge is 0.0921 e.